The normalized spacial score (nSPS) is 13.9. The molecule has 4 nitrogen and oxygen atoms in total. The number of rotatable bonds is 5. The third-order valence-electron chi connectivity index (χ3n) is 2.77. The zero-order valence-corrected chi connectivity index (χ0v) is 10.7. The molecule has 0 saturated heterocycles. The van der Waals surface area contributed by atoms with E-state index in [4.69, 9.17) is 9.47 Å². The van der Waals surface area contributed by atoms with Crippen molar-refractivity contribution in [3.63, 3.8) is 0 Å². The number of benzene rings is 1. The van der Waals surface area contributed by atoms with Crippen LogP contribution in [0.3, 0.4) is 0 Å². The van der Waals surface area contributed by atoms with Crippen molar-refractivity contribution in [2.45, 2.75) is 19.4 Å². The molecule has 1 atom stereocenters. The second kappa shape index (κ2) is 5.68. The van der Waals surface area contributed by atoms with E-state index < -0.39 is 5.54 Å². The Labute approximate surface area is 102 Å². The highest BCUT2D eigenvalue weighted by molar-refractivity contribution is 5.83. The van der Waals surface area contributed by atoms with Gasteiger partial charge in [-0.05, 0) is 19.5 Å². The molecule has 0 fully saturated rings. The van der Waals surface area contributed by atoms with Crippen molar-refractivity contribution < 1.29 is 14.3 Å². The summed E-state index contributed by atoms with van der Waals surface area (Å²) < 4.78 is 10.1. The highest BCUT2D eigenvalue weighted by Gasteiger charge is 2.37. The molecule has 1 unspecified atom stereocenters. The molecule has 0 bridgehead atoms. The van der Waals surface area contributed by atoms with Gasteiger partial charge in [0.1, 0.15) is 11.3 Å². The number of esters is 1. The minimum atomic E-state index is -0.893. The molecule has 1 aromatic rings. The van der Waals surface area contributed by atoms with Crippen LogP contribution in [-0.4, -0.2) is 26.7 Å². The van der Waals surface area contributed by atoms with Crippen LogP contribution in [0.25, 0.3) is 0 Å². The van der Waals surface area contributed by atoms with Gasteiger partial charge in [0.05, 0.1) is 14.2 Å². The lowest BCUT2D eigenvalue weighted by molar-refractivity contribution is -0.148. The minimum absolute atomic E-state index is 0.330. The first kappa shape index (κ1) is 13.5. The van der Waals surface area contributed by atoms with Gasteiger partial charge in [-0.15, -0.1) is 0 Å². The summed E-state index contributed by atoms with van der Waals surface area (Å²) in [5, 5.41) is 3.15. The van der Waals surface area contributed by atoms with Crippen molar-refractivity contribution >= 4 is 5.97 Å². The van der Waals surface area contributed by atoms with Crippen molar-refractivity contribution in [2.75, 3.05) is 20.8 Å². The van der Waals surface area contributed by atoms with Crippen LogP contribution in [0.1, 0.15) is 19.4 Å². The smallest absolute Gasteiger partial charge is 0.330 e. The monoisotopic (exact) mass is 237 g/mol. The zero-order valence-electron chi connectivity index (χ0n) is 10.7. The number of para-hydroxylation sites is 1. The van der Waals surface area contributed by atoms with Crippen molar-refractivity contribution in [3.8, 4) is 5.75 Å². The van der Waals surface area contributed by atoms with Crippen LogP contribution >= 0.6 is 0 Å². The molecule has 4 heteroatoms. The average Bonchev–Trinajstić information content (AvgIpc) is 2.37. The van der Waals surface area contributed by atoms with E-state index in [9.17, 15) is 4.79 Å². The number of hydrogen-bond acceptors (Lipinski definition) is 4. The lowest BCUT2D eigenvalue weighted by Crippen LogP contribution is -2.47. The van der Waals surface area contributed by atoms with Gasteiger partial charge in [-0.2, -0.15) is 0 Å². The molecule has 94 valence electrons. The van der Waals surface area contributed by atoms with E-state index in [0.29, 0.717) is 12.3 Å². The maximum absolute atomic E-state index is 12.0. The van der Waals surface area contributed by atoms with Crippen molar-refractivity contribution in [1.29, 1.82) is 0 Å². The molecule has 0 aliphatic rings. The van der Waals surface area contributed by atoms with Crippen molar-refractivity contribution in [2.24, 2.45) is 0 Å². The lowest BCUT2D eigenvalue weighted by atomic mass is 9.91. The first-order valence-electron chi connectivity index (χ1n) is 5.57. The van der Waals surface area contributed by atoms with E-state index in [-0.39, 0.29) is 5.97 Å². The number of nitrogens with one attached hydrogen (secondary N) is 1. The molecule has 1 aromatic carbocycles. The quantitative estimate of drug-likeness (QED) is 0.792. The van der Waals surface area contributed by atoms with Gasteiger partial charge in [0.2, 0.25) is 0 Å². The van der Waals surface area contributed by atoms with Crippen LogP contribution in [0, 0.1) is 0 Å². The van der Waals surface area contributed by atoms with Crippen LogP contribution in [0.15, 0.2) is 24.3 Å². The predicted octanol–water partition coefficient (Wildman–Crippen LogP) is 1.69. The van der Waals surface area contributed by atoms with E-state index in [1.807, 2.05) is 31.2 Å². The summed E-state index contributed by atoms with van der Waals surface area (Å²) in [5.74, 6) is 0.338. The van der Waals surface area contributed by atoms with Crippen LogP contribution in [0.5, 0.6) is 5.75 Å². The molecule has 1 N–H and O–H groups in total. The van der Waals surface area contributed by atoms with Gasteiger partial charge in [-0.25, -0.2) is 4.79 Å². The first-order chi connectivity index (χ1) is 8.10. The summed E-state index contributed by atoms with van der Waals surface area (Å²) in [6, 6.07) is 7.43. The van der Waals surface area contributed by atoms with Crippen molar-refractivity contribution in [3.05, 3.63) is 29.8 Å². The molecule has 0 amide bonds. The zero-order chi connectivity index (χ0) is 12.9. The van der Waals surface area contributed by atoms with Gasteiger partial charge >= 0.3 is 5.97 Å². The molecule has 0 spiro atoms. The number of likely N-dealkylation sites (N-methyl/N-ethyl adjacent to an activating group) is 1. The molecule has 17 heavy (non-hydrogen) atoms. The standard InChI is InChI=1S/C13H19NO3/c1-5-14-13(2,12(15)17-4)10-8-6-7-9-11(10)16-3/h6-9,14H,5H2,1-4H3. The summed E-state index contributed by atoms with van der Waals surface area (Å²) in [6.07, 6.45) is 0. The fourth-order valence-electron chi connectivity index (χ4n) is 1.89. The number of carbonyl (C=O) groups is 1. The molecule has 0 aromatic heterocycles. The van der Waals surface area contributed by atoms with Gasteiger partial charge in [0.15, 0.2) is 0 Å². The Kier molecular flexibility index (Phi) is 4.52. The molecule has 0 heterocycles. The second-order valence-corrected chi connectivity index (χ2v) is 3.85. The van der Waals surface area contributed by atoms with Gasteiger partial charge in [-0.3, -0.25) is 5.32 Å². The third kappa shape index (κ3) is 2.58. The summed E-state index contributed by atoms with van der Waals surface area (Å²) in [6.45, 7) is 4.39. The summed E-state index contributed by atoms with van der Waals surface area (Å²) in [4.78, 5) is 12.0. The van der Waals surface area contributed by atoms with Crippen LogP contribution in [0.4, 0.5) is 0 Å². The van der Waals surface area contributed by atoms with E-state index in [1.54, 1.807) is 14.0 Å². The Hall–Kier alpha value is -1.55. The Morgan fingerprint density at radius 2 is 2.00 bits per heavy atom. The number of ether oxygens (including phenoxy) is 2. The Balaban J connectivity index is 3.26. The van der Waals surface area contributed by atoms with Gasteiger partial charge in [0.25, 0.3) is 0 Å². The topological polar surface area (TPSA) is 47.6 Å². The van der Waals surface area contributed by atoms with E-state index in [1.165, 1.54) is 7.11 Å². The van der Waals surface area contributed by atoms with Crippen LogP contribution in [0.2, 0.25) is 0 Å². The third-order valence-corrected chi connectivity index (χ3v) is 2.77. The average molecular weight is 237 g/mol. The largest absolute Gasteiger partial charge is 0.496 e. The molecular weight excluding hydrogens is 218 g/mol. The number of carbonyl (C=O) groups excluding carboxylic acids is 1. The molecular formula is C13H19NO3. The molecule has 0 aliphatic carbocycles. The Morgan fingerprint density at radius 3 is 2.53 bits per heavy atom. The van der Waals surface area contributed by atoms with Crippen LogP contribution < -0.4 is 10.1 Å². The number of hydrogen-bond donors (Lipinski definition) is 1. The van der Waals surface area contributed by atoms with Crippen LogP contribution in [-0.2, 0) is 15.1 Å². The van der Waals surface area contributed by atoms with Gasteiger partial charge in [0, 0.05) is 5.56 Å². The molecule has 0 saturated carbocycles. The second-order valence-electron chi connectivity index (χ2n) is 3.85. The van der Waals surface area contributed by atoms with Gasteiger partial charge in [-0.1, -0.05) is 25.1 Å². The van der Waals surface area contributed by atoms with E-state index in [2.05, 4.69) is 5.32 Å². The van der Waals surface area contributed by atoms with Gasteiger partial charge < -0.3 is 9.47 Å². The highest BCUT2D eigenvalue weighted by atomic mass is 16.5. The first-order valence-corrected chi connectivity index (χ1v) is 5.57. The maximum Gasteiger partial charge on any atom is 0.330 e. The summed E-state index contributed by atoms with van der Waals surface area (Å²) in [7, 11) is 2.97. The predicted molar refractivity (Wildman–Crippen MR) is 66.0 cm³/mol. The Morgan fingerprint density at radius 1 is 1.35 bits per heavy atom. The lowest BCUT2D eigenvalue weighted by Gasteiger charge is -2.29. The fourth-order valence-corrected chi connectivity index (χ4v) is 1.89. The van der Waals surface area contributed by atoms with Crippen molar-refractivity contribution in [1.82, 2.24) is 5.32 Å². The Bertz CT molecular complexity index is 392. The molecule has 0 aliphatic heterocycles. The molecule has 1 rings (SSSR count). The fraction of sp³-hybridized carbons (Fsp3) is 0.462. The SMILES string of the molecule is CCNC(C)(C(=O)OC)c1ccccc1OC. The summed E-state index contributed by atoms with van der Waals surface area (Å²) in [5.41, 5.74) is -0.118. The van der Waals surface area contributed by atoms with E-state index >= 15 is 0 Å². The number of methoxy groups -OCH3 is 2. The summed E-state index contributed by atoms with van der Waals surface area (Å²) >= 11 is 0. The maximum atomic E-state index is 12.0. The van der Waals surface area contributed by atoms with E-state index in [0.717, 1.165) is 5.56 Å². The molecule has 0 radical (unpaired) electrons. The minimum Gasteiger partial charge on any atom is -0.496 e. The highest BCUT2D eigenvalue weighted by Crippen LogP contribution is 2.30.